The summed E-state index contributed by atoms with van der Waals surface area (Å²) in [5.74, 6) is 0.335. The second-order valence-corrected chi connectivity index (χ2v) is 8.59. The third kappa shape index (κ3) is 5.58. The van der Waals surface area contributed by atoms with Gasteiger partial charge in [-0.25, -0.2) is 23.1 Å². The van der Waals surface area contributed by atoms with E-state index in [4.69, 9.17) is 4.74 Å². The van der Waals surface area contributed by atoms with Crippen LogP contribution in [0.2, 0.25) is 0 Å². The highest BCUT2D eigenvalue weighted by atomic mass is 32.2. The van der Waals surface area contributed by atoms with Crippen molar-refractivity contribution in [3.05, 3.63) is 72.1 Å². The molecule has 0 aliphatic heterocycles. The van der Waals surface area contributed by atoms with Crippen LogP contribution in [0.5, 0.6) is 5.75 Å². The van der Waals surface area contributed by atoms with Crippen molar-refractivity contribution in [3.8, 4) is 5.75 Å². The minimum Gasteiger partial charge on any atom is -0.480 e. The minimum atomic E-state index is -3.84. The summed E-state index contributed by atoms with van der Waals surface area (Å²) in [6.45, 7) is 5.79. The normalized spacial score (nSPS) is 12.1. The maximum atomic E-state index is 12.7. The van der Waals surface area contributed by atoms with Gasteiger partial charge in [-0.05, 0) is 67.8 Å². The van der Waals surface area contributed by atoms with Crippen molar-refractivity contribution in [2.24, 2.45) is 0 Å². The summed E-state index contributed by atoms with van der Waals surface area (Å²) in [5, 5.41) is 2.77. The fourth-order valence-corrected chi connectivity index (χ4v) is 3.76. The zero-order valence-electron chi connectivity index (χ0n) is 17.5. The molecule has 2 N–H and O–H groups in total. The molecule has 1 amide bonds. The van der Waals surface area contributed by atoms with Crippen LogP contribution in [-0.4, -0.2) is 30.4 Å². The van der Waals surface area contributed by atoms with Crippen molar-refractivity contribution in [2.75, 3.05) is 10.0 Å². The quantitative estimate of drug-likeness (QED) is 0.553. The highest BCUT2D eigenvalue weighted by Gasteiger charge is 2.20. The lowest BCUT2D eigenvalue weighted by atomic mass is 10.1. The summed E-state index contributed by atoms with van der Waals surface area (Å²) in [4.78, 5) is 20.4. The summed E-state index contributed by atoms with van der Waals surface area (Å²) in [5.41, 5.74) is 2.53. The number of carbonyl (C=O) groups is 1. The number of nitrogens with zero attached hydrogens (tertiary/aromatic N) is 2. The van der Waals surface area contributed by atoms with E-state index in [1.807, 2.05) is 39.0 Å². The Balaban J connectivity index is 1.68. The molecule has 162 valence electrons. The zero-order chi connectivity index (χ0) is 22.4. The maximum Gasteiger partial charge on any atom is 0.265 e. The fraction of sp³-hybridized carbons (Fsp3) is 0.227. The predicted octanol–water partition coefficient (Wildman–Crippen LogP) is 3.69. The number of hydrogen-bond acceptors (Lipinski definition) is 6. The van der Waals surface area contributed by atoms with Gasteiger partial charge in [0.2, 0.25) is 5.95 Å². The Morgan fingerprint density at radius 1 is 1.03 bits per heavy atom. The van der Waals surface area contributed by atoms with Crippen LogP contribution in [0.25, 0.3) is 0 Å². The van der Waals surface area contributed by atoms with Gasteiger partial charge in [-0.2, -0.15) is 0 Å². The first-order valence-corrected chi connectivity index (χ1v) is 11.2. The first kappa shape index (κ1) is 22.2. The lowest BCUT2D eigenvalue weighted by molar-refractivity contribution is -0.122. The van der Waals surface area contributed by atoms with E-state index >= 15 is 0 Å². The third-order valence-corrected chi connectivity index (χ3v) is 6.06. The van der Waals surface area contributed by atoms with E-state index < -0.39 is 16.1 Å². The molecule has 0 radical (unpaired) electrons. The second kappa shape index (κ2) is 9.57. The van der Waals surface area contributed by atoms with Gasteiger partial charge >= 0.3 is 0 Å². The highest BCUT2D eigenvalue weighted by Crippen LogP contribution is 2.23. The van der Waals surface area contributed by atoms with E-state index in [2.05, 4.69) is 20.0 Å². The molecule has 0 saturated heterocycles. The second-order valence-electron chi connectivity index (χ2n) is 6.90. The summed E-state index contributed by atoms with van der Waals surface area (Å²) in [6.07, 6.45) is 2.68. The molecule has 0 fully saturated rings. The summed E-state index contributed by atoms with van der Waals surface area (Å²) in [6, 6.07) is 13.1. The maximum absolute atomic E-state index is 12.7. The van der Waals surface area contributed by atoms with Crippen LogP contribution in [-0.2, 0) is 14.8 Å². The third-order valence-electron chi connectivity index (χ3n) is 4.71. The molecule has 2 aromatic carbocycles. The van der Waals surface area contributed by atoms with Gasteiger partial charge in [0, 0.05) is 18.1 Å². The van der Waals surface area contributed by atoms with Crippen molar-refractivity contribution in [2.45, 2.75) is 38.2 Å². The Labute approximate surface area is 181 Å². The molecule has 3 rings (SSSR count). The number of carbonyl (C=O) groups excluding carboxylic acids is 1. The Morgan fingerprint density at radius 3 is 2.35 bits per heavy atom. The molecule has 31 heavy (non-hydrogen) atoms. The number of amides is 1. The van der Waals surface area contributed by atoms with Crippen LogP contribution in [0, 0.1) is 13.8 Å². The Bertz CT molecular complexity index is 1150. The van der Waals surface area contributed by atoms with Gasteiger partial charge in [0.1, 0.15) is 5.75 Å². The molecule has 0 aliphatic rings. The van der Waals surface area contributed by atoms with Gasteiger partial charge in [0.05, 0.1) is 4.90 Å². The van der Waals surface area contributed by atoms with E-state index in [0.29, 0.717) is 17.9 Å². The molecular weight excluding hydrogens is 416 g/mol. The molecule has 0 unspecified atom stereocenters. The van der Waals surface area contributed by atoms with Crippen molar-refractivity contribution in [1.29, 1.82) is 0 Å². The van der Waals surface area contributed by atoms with Crippen LogP contribution >= 0.6 is 0 Å². The first-order valence-electron chi connectivity index (χ1n) is 9.74. The standard InChI is InChI=1S/C22H24N4O4S/c1-4-19(30-20-8-5-7-15(2)16(20)3)21(27)25-17-9-11-18(12-10-17)31(28,29)26-22-23-13-6-14-24-22/h5-14,19H,4H2,1-3H3,(H,25,27)(H,23,24,26)/t19-/m0/s1. The topological polar surface area (TPSA) is 110 Å². The number of benzene rings is 2. The van der Waals surface area contributed by atoms with Crippen LogP contribution in [0.3, 0.4) is 0 Å². The molecule has 0 bridgehead atoms. The number of sulfonamides is 1. The number of hydrogen-bond donors (Lipinski definition) is 2. The molecule has 9 heteroatoms. The van der Waals surface area contributed by atoms with E-state index in [1.54, 1.807) is 6.07 Å². The van der Waals surface area contributed by atoms with Crippen molar-refractivity contribution >= 4 is 27.6 Å². The van der Waals surface area contributed by atoms with Crippen LogP contribution < -0.4 is 14.8 Å². The van der Waals surface area contributed by atoms with Gasteiger partial charge in [0.25, 0.3) is 15.9 Å². The molecule has 0 saturated carbocycles. The van der Waals surface area contributed by atoms with E-state index in [-0.39, 0.29) is 16.8 Å². The Morgan fingerprint density at radius 2 is 1.71 bits per heavy atom. The summed E-state index contributed by atoms with van der Waals surface area (Å²) < 4.78 is 33.1. The largest absolute Gasteiger partial charge is 0.480 e. The Hall–Kier alpha value is -3.46. The van der Waals surface area contributed by atoms with E-state index in [9.17, 15) is 13.2 Å². The number of aromatic nitrogens is 2. The van der Waals surface area contributed by atoms with Gasteiger partial charge < -0.3 is 10.1 Å². The van der Waals surface area contributed by atoms with Crippen LogP contribution in [0.1, 0.15) is 24.5 Å². The first-order chi connectivity index (χ1) is 14.8. The molecule has 3 aromatic rings. The molecule has 1 atom stereocenters. The molecule has 1 heterocycles. The number of anilines is 2. The van der Waals surface area contributed by atoms with Crippen LogP contribution in [0.15, 0.2) is 65.8 Å². The Kier molecular flexibility index (Phi) is 6.86. The van der Waals surface area contributed by atoms with Crippen molar-refractivity contribution in [3.63, 3.8) is 0 Å². The lowest BCUT2D eigenvalue weighted by Gasteiger charge is -2.19. The molecule has 1 aromatic heterocycles. The number of rotatable bonds is 8. The van der Waals surface area contributed by atoms with Crippen LogP contribution in [0.4, 0.5) is 11.6 Å². The highest BCUT2D eigenvalue weighted by molar-refractivity contribution is 7.92. The zero-order valence-corrected chi connectivity index (χ0v) is 18.3. The number of nitrogens with one attached hydrogen (secondary N) is 2. The average Bonchev–Trinajstić information content (AvgIpc) is 2.75. The molecule has 0 spiro atoms. The van der Waals surface area contributed by atoms with Gasteiger partial charge in [-0.15, -0.1) is 0 Å². The number of aryl methyl sites for hydroxylation is 1. The molecule has 0 aliphatic carbocycles. The van der Waals surface area contributed by atoms with Gasteiger partial charge in [-0.1, -0.05) is 19.1 Å². The minimum absolute atomic E-state index is 0.0192. The SMILES string of the molecule is CC[C@H](Oc1cccc(C)c1C)C(=O)Nc1ccc(S(=O)(=O)Nc2ncccn2)cc1. The number of ether oxygens (including phenoxy) is 1. The molecule has 8 nitrogen and oxygen atoms in total. The monoisotopic (exact) mass is 440 g/mol. The summed E-state index contributed by atoms with van der Waals surface area (Å²) >= 11 is 0. The van der Waals surface area contributed by atoms with Gasteiger partial charge in [-0.3, -0.25) is 4.79 Å². The lowest BCUT2D eigenvalue weighted by Crippen LogP contribution is -2.32. The van der Waals surface area contributed by atoms with Gasteiger partial charge in [0.15, 0.2) is 6.10 Å². The smallest absolute Gasteiger partial charge is 0.265 e. The van der Waals surface area contributed by atoms with E-state index in [1.165, 1.54) is 36.7 Å². The van der Waals surface area contributed by atoms with Crippen molar-refractivity contribution < 1.29 is 17.9 Å². The fourth-order valence-electron chi connectivity index (χ4n) is 2.80. The van der Waals surface area contributed by atoms with E-state index in [0.717, 1.165) is 11.1 Å². The summed E-state index contributed by atoms with van der Waals surface area (Å²) in [7, 11) is -3.84. The average molecular weight is 441 g/mol. The molecular formula is C22H24N4O4S. The van der Waals surface area contributed by atoms with Crippen molar-refractivity contribution in [1.82, 2.24) is 9.97 Å². The predicted molar refractivity (Wildman–Crippen MR) is 119 cm³/mol.